The first kappa shape index (κ1) is 22.6. The van der Waals surface area contributed by atoms with Gasteiger partial charge in [-0.1, -0.05) is 0 Å². The van der Waals surface area contributed by atoms with E-state index in [9.17, 15) is 23.7 Å². The first-order chi connectivity index (χ1) is 16.3. The van der Waals surface area contributed by atoms with Crippen molar-refractivity contribution in [1.82, 2.24) is 9.97 Å². The normalized spacial score (nSPS) is 10.8. The van der Waals surface area contributed by atoms with Crippen molar-refractivity contribution in [2.75, 3.05) is 19.0 Å². The molecule has 4 rings (SSSR count). The Hall–Kier alpha value is -4.54. The van der Waals surface area contributed by atoms with Crippen molar-refractivity contribution in [3.05, 3.63) is 75.8 Å². The molecule has 0 saturated carbocycles. The zero-order valence-electron chi connectivity index (χ0n) is 18.0. The molecule has 0 radical (unpaired) electrons. The topological polar surface area (TPSA) is 119 Å². The third-order valence-corrected chi connectivity index (χ3v) is 4.95. The van der Waals surface area contributed by atoms with Gasteiger partial charge in [-0.2, -0.15) is 0 Å². The molecule has 1 aromatic heterocycles. The Balaban J connectivity index is 1.67. The zero-order chi connectivity index (χ0) is 24.4. The van der Waals surface area contributed by atoms with Crippen LogP contribution in [0.5, 0.6) is 11.5 Å². The van der Waals surface area contributed by atoms with Crippen LogP contribution in [0.2, 0.25) is 0 Å². The number of imidazole rings is 1. The van der Waals surface area contributed by atoms with E-state index in [0.29, 0.717) is 16.7 Å². The van der Waals surface area contributed by atoms with Crippen LogP contribution in [0.4, 0.5) is 20.2 Å². The van der Waals surface area contributed by atoms with E-state index in [0.717, 1.165) is 24.3 Å². The van der Waals surface area contributed by atoms with Crippen molar-refractivity contribution in [3.8, 4) is 22.9 Å². The summed E-state index contributed by atoms with van der Waals surface area (Å²) in [5, 5.41) is 14.1. The number of hydrogen-bond donors (Lipinski definition) is 2. The summed E-state index contributed by atoms with van der Waals surface area (Å²) in [6.45, 7) is 1.99. The standard InChI is InChI=1S/C23H18F2N4O5/c1-3-34-21-10-15(19(29(31)32)11-20(21)33-2)23(30)26-13-5-7-17-18(9-13)28-22(27-17)14-8-12(24)4-6-16(14)25/h4-11H,3H2,1-2H3,(H,26,30)(H,27,28). The number of rotatable bonds is 7. The van der Waals surface area contributed by atoms with Crippen LogP contribution in [-0.2, 0) is 0 Å². The fourth-order valence-corrected chi connectivity index (χ4v) is 3.40. The Kier molecular flexibility index (Phi) is 6.09. The second-order valence-corrected chi connectivity index (χ2v) is 7.11. The van der Waals surface area contributed by atoms with Crippen molar-refractivity contribution in [2.45, 2.75) is 6.92 Å². The molecular weight excluding hydrogens is 450 g/mol. The van der Waals surface area contributed by atoms with Gasteiger partial charge in [0, 0.05) is 11.8 Å². The number of carbonyl (C=O) groups is 1. The molecule has 0 fully saturated rings. The number of H-pyrrole nitrogens is 1. The molecule has 9 nitrogen and oxygen atoms in total. The lowest BCUT2D eigenvalue weighted by Crippen LogP contribution is -2.14. The van der Waals surface area contributed by atoms with Gasteiger partial charge in [0.1, 0.15) is 23.0 Å². The molecular formula is C23H18F2N4O5. The number of nitro benzene ring substituents is 1. The van der Waals surface area contributed by atoms with Crippen molar-refractivity contribution in [2.24, 2.45) is 0 Å². The zero-order valence-corrected chi connectivity index (χ0v) is 18.0. The number of amides is 1. The predicted molar refractivity (Wildman–Crippen MR) is 120 cm³/mol. The first-order valence-electron chi connectivity index (χ1n) is 10.1. The number of ether oxygens (including phenoxy) is 2. The van der Waals surface area contributed by atoms with Crippen LogP contribution in [0, 0.1) is 21.7 Å². The maximum atomic E-state index is 14.1. The SMILES string of the molecule is CCOc1cc(C(=O)Nc2ccc3nc(-c4cc(F)ccc4F)[nH]c3c2)c([N+](=O)[O-])cc1OC. The molecule has 3 aromatic carbocycles. The molecule has 0 atom stereocenters. The summed E-state index contributed by atoms with van der Waals surface area (Å²) in [5.74, 6) is -1.58. The molecule has 0 aliphatic rings. The Labute approximate surface area is 191 Å². The number of aromatic nitrogens is 2. The average Bonchev–Trinajstić information content (AvgIpc) is 3.23. The van der Waals surface area contributed by atoms with Gasteiger partial charge in [-0.3, -0.25) is 14.9 Å². The highest BCUT2D eigenvalue weighted by Gasteiger charge is 2.25. The molecule has 0 aliphatic carbocycles. The van der Waals surface area contributed by atoms with Crippen LogP contribution >= 0.6 is 0 Å². The minimum absolute atomic E-state index is 0.0425. The number of aromatic amines is 1. The maximum absolute atomic E-state index is 14.1. The van der Waals surface area contributed by atoms with Crippen LogP contribution in [0.25, 0.3) is 22.4 Å². The van der Waals surface area contributed by atoms with Crippen molar-refractivity contribution < 1.29 is 28.0 Å². The maximum Gasteiger partial charge on any atom is 0.286 e. The fourth-order valence-electron chi connectivity index (χ4n) is 3.40. The summed E-state index contributed by atoms with van der Waals surface area (Å²) in [5.41, 5.74) is 0.474. The molecule has 4 aromatic rings. The van der Waals surface area contributed by atoms with Gasteiger partial charge in [0.25, 0.3) is 11.6 Å². The third kappa shape index (κ3) is 4.35. The lowest BCUT2D eigenvalue weighted by Gasteiger charge is -2.12. The van der Waals surface area contributed by atoms with Gasteiger partial charge in [-0.15, -0.1) is 0 Å². The lowest BCUT2D eigenvalue weighted by molar-refractivity contribution is -0.385. The molecule has 2 N–H and O–H groups in total. The van der Waals surface area contributed by atoms with Gasteiger partial charge in [0.15, 0.2) is 11.5 Å². The molecule has 0 aliphatic heterocycles. The number of anilines is 1. The minimum Gasteiger partial charge on any atom is -0.493 e. The van der Waals surface area contributed by atoms with Crippen LogP contribution in [0.1, 0.15) is 17.3 Å². The van der Waals surface area contributed by atoms with Crippen LogP contribution < -0.4 is 14.8 Å². The number of halogens is 2. The summed E-state index contributed by atoms with van der Waals surface area (Å²) in [6.07, 6.45) is 0. The number of fused-ring (bicyclic) bond motifs is 1. The Bertz CT molecular complexity index is 1420. The second kappa shape index (κ2) is 9.14. The van der Waals surface area contributed by atoms with E-state index >= 15 is 0 Å². The fraction of sp³-hybridized carbons (Fsp3) is 0.130. The molecule has 0 saturated heterocycles. The first-order valence-corrected chi connectivity index (χ1v) is 10.1. The highest BCUT2D eigenvalue weighted by Crippen LogP contribution is 2.35. The minimum atomic E-state index is -0.745. The van der Waals surface area contributed by atoms with Gasteiger partial charge in [-0.25, -0.2) is 13.8 Å². The van der Waals surface area contributed by atoms with Crippen molar-refractivity contribution in [1.29, 1.82) is 0 Å². The van der Waals surface area contributed by atoms with Crippen LogP contribution in [-0.4, -0.2) is 34.5 Å². The summed E-state index contributed by atoms with van der Waals surface area (Å²) >= 11 is 0. The van der Waals surface area contributed by atoms with Crippen LogP contribution in [0.15, 0.2) is 48.5 Å². The molecule has 0 spiro atoms. The molecule has 34 heavy (non-hydrogen) atoms. The van der Waals surface area contributed by atoms with E-state index in [-0.39, 0.29) is 35.1 Å². The molecule has 0 unspecified atom stereocenters. The van der Waals surface area contributed by atoms with E-state index in [1.165, 1.54) is 25.3 Å². The number of carbonyl (C=O) groups excluding carboxylic acids is 1. The third-order valence-electron chi connectivity index (χ3n) is 4.95. The highest BCUT2D eigenvalue weighted by molar-refractivity contribution is 6.08. The second-order valence-electron chi connectivity index (χ2n) is 7.11. The predicted octanol–water partition coefficient (Wildman–Crippen LogP) is 5.08. The van der Waals surface area contributed by atoms with Gasteiger partial charge in [-0.05, 0) is 43.3 Å². The Morgan fingerprint density at radius 2 is 1.94 bits per heavy atom. The highest BCUT2D eigenvalue weighted by atomic mass is 19.1. The van der Waals surface area contributed by atoms with E-state index in [4.69, 9.17) is 9.47 Å². The number of benzene rings is 3. The molecule has 1 amide bonds. The van der Waals surface area contributed by atoms with E-state index in [1.54, 1.807) is 13.0 Å². The summed E-state index contributed by atoms with van der Waals surface area (Å²) in [7, 11) is 1.34. The van der Waals surface area contributed by atoms with Crippen LogP contribution in [0.3, 0.4) is 0 Å². The molecule has 0 bridgehead atoms. The van der Waals surface area contributed by atoms with Gasteiger partial charge in [0.2, 0.25) is 0 Å². The summed E-state index contributed by atoms with van der Waals surface area (Å²) in [6, 6.07) is 10.0. The number of nitro groups is 1. The van der Waals surface area contributed by atoms with E-state index in [1.807, 2.05) is 0 Å². The number of nitrogens with one attached hydrogen (secondary N) is 2. The van der Waals surface area contributed by atoms with Crippen molar-refractivity contribution >= 4 is 28.3 Å². The smallest absolute Gasteiger partial charge is 0.286 e. The van der Waals surface area contributed by atoms with Crippen molar-refractivity contribution in [3.63, 3.8) is 0 Å². The van der Waals surface area contributed by atoms with Gasteiger partial charge < -0.3 is 19.8 Å². The number of methoxy groups -OCH3 is 1. The summed E-state index contributed by atoms with van der Waals surface area (Å²) < 4.78 is 38.2. The Morgan fingerprint density at radius 3 is 2.65 bits per heavy atom. The molecule has 174 valence electrons. The Morgan fingerprint density at radius 1 is 1.15 bits per heavy atom. The van der Waals surface area contributed by atoms with Gasteiger partial charge in [0.05, 0.1) is 41.3 Å². The largest absolute Gasteiger partial charge is 0.493 e. The number of hydrogen-bond acceptors (Lipinski definition) is 6. The molecule has 1 heterocycles. The monoisotopic (exact) mass is 468 g/mol. The average molecular weight is 468 g/mol. The number of nitrogens with zero attached hydrogens (tertiary/aromatic N) is 2. The molecule has 11 heteroatoms. The summed E-state index contributed by atoms with van der Waals surface area (Å²) in [4.78, 5) is 30.9. The quantitative estimate of drug-likeness (QED) is 0.289. The van der Waals surface area contributed by atoms with E-state index < -0.39 is 28.2 Å². The van der Waals surface area contributed by atoms with E-state index in [2.05, 4.69) is 15.3 Å². The van der Waals surface area contributed by atoms with Gasteiger partial charge >= 0.3 is 0 Å². The lowest BCUT2D eigenvalue weighted by atomic mass is 10.1.